The molecule has 3 heterocycles. The van der Waals surface area contributed by atoms with E-state index in [0.29, 0.717) is 18.1 Å². The molecule has 158 valence electrons. The molecule has 6 nitrogen and oxygen atoms in total. The van der Waals surface area contributed by atoms with Gasteiger partial charge in [0.1, 0.15) is 30.3 Å². The second-order valence-corrected chi connectivity index (χ2v) is 7.59. The molecule has 3 aliphatic rings. The lowest BCUT2D eigenvalue weighted by Crippen LogP contribution is -2.28. The van der Waals surface area contributed by atoms with E-state index >= 15 is 0 Å². The number of aromatic nitrogens is 1. The molecule has 5 rings (SSSR count). The minimum atomic E-state index is -0.476. The molecular formula is C25H23NO5. The Kier molecular flexibility index (Phi) is 5.12. The first-order chi connectivity index (χ1) is 15.2. The van der Waals surface area contributed by atoms with Crippen molar-refractivity contribution in [1.29, 1.82) is 0 Å². The Morgan fingerprint density at radius 2 is 2.03 bits per heavy atom. The minimum absolute atomic E-state index is 0.0834. The molecule has 1 atom stereocenters. The van der Waals surface area contributed by atoms with Crippen LogP contribution in [0.5, 0.6) is 11.5 Å². The summed E-state index contributed by atoms with van der Waals surface area (Å²) in [6.07, 6.45) is 12.7. The Morgan fingerprint density at radius 1 is 1.10 bits per heavy atom. The monoisotopic (exact) mass is 417 g/mol. The molecule has 1 aromatic carbocycles. The van der Waals surface area contributed by atoms with E-state index in [-0.39, 0.29) is 5.56 Å². The summed E-state index contributed by atoms with van der Waals surface area (Å²) in [5.41, 5.74) is 4.00. The maximum absolute atomic E-state index is 12.9. The fraction of sp³-hybridized carbons (Fsp3) is 0.240. The molecule has 0 spiro atoms. The van der Waals surface area contributed by atoms with Gasteiger partial charge >= 0.3 is 0 Å². The van der Waals surface area contributed by atoms with E-state index in [9.17, 15) is 4.79 Å². The summed E-state index contributed by atoms with van der Waals surface area (Å²) in [7, 11) is 1.66. The van der Waals surface area contributed by atoms with Crippen LogP contribution < -0.4 is 15.0 Å². The smallest absolute Gasteiger partial charge is 0.254 e. The first kappa shape index (κ1) is 19.3. The first-order valence-electron chi connectivity index (χ1n) is 10.3. The van der Waals surface area contributed by atoms with E-state index in [4.69, 9.17) is 18.9 Å². The number of pyridine rings is 1. The third-order valence-electron chi connectivity index (χ3n) is 5.71. The van der Waals surface area contributed by atoms with Gasteiger partial charge in [0.2, 0.25) is 0 Å². The summed E-state index contributed by atoms with van der Waals surface area (Å²) in [6.45, 7) is 0.626. The van der Waals surface area contributed by atoms with Gasteiger partial charge in [-0.15, -0.1) is 0 Å². The molecule has 0 saturated carbocycles. The maximum atomic E-state index is 12.9. The van der Waals surface area contributed by atoms with E-state index < -0.39 is 6.10 Å². The SMILES string of the molecule is COc1ccc2c(c1)CCn1c-2cc(OC(C2=CC=CCC2)C2=COC=CO2)cc1=O. The highest BCUT2D eigenvalue weighted by molar-refractivity contribution is 5.68. The fourth-order valence-electron chi connectivity index (χ4n) is 4.17. The van der Waals surface area contributed by atoms with Crippen molar-refractivity contribution in [2.45, 2.75) is 31.9 Å². The van der Waals surface area contributed by atoms with E-state index in [2.05, 4.69) is 6.08 Å². The number of fused-ring (bicyclic) bond motifs is 3. The van der Waals surface area contributed by atoms with Crippen LogP contribution in [0.25, 0.3) is 11.3 Å². The topological polar surface area (TPSA) is 58.9 Å². The lowest BCUT2D eigenvalue weighted by molar-refractivity contribution is 0.159. The van der Waals surface area contributed by atoms with Crippen LogP contribution in [0, 0.1) is 0 Å². The molecular weight excluding hydrogens is 394 g/mol. The van der Waals surface area contributed by atoms with Crippen molar-refractivity contribution >= 4 is 0 Å². The highest BCUT2D eigenvalue weighted by Crippen LogP contribution is 2.34. The standard InChI is InChI=1S/C25H23NO5/c1-28-19-7-8-21-18(13-19)9-10-26-22(21)14-20(15-24(26)27)31-25(17-5-3-2-4-6-17)23-16-29-11-12-30-23/h2-3,5,7-8,11-16,25H,4,6,9-10H2,1H3. The van der Waals surface area contributed by atoms with Gasteiger partial charge < -0.3 is 23.5 Å². The lowest BCUT2D eigenvalue weighted by Gasteiger charge is -2.27. The van der Waals surface area contributed by atoms with E-state index in [1.54, 1.807) is 17.7 Å². The number of hydrogen-bond donors (Lipinski definition) is 0. The molecule has 0 N–H and O–H groups in total. The van der Waals surface area contributed by atoms with Gasteiger partial charge in [-0.3, -0.25) is 4.79 Å². The van der Waals surface area contributed by atoms with Crippen molar-refractivity contribution in [3.63, 3.8) is 0 Å². The number of nitrogens with zero attached hydrogens (tertiary/aromatic N) is 1. The number of ether oxygens (including phenoxy) is 4. The number of methoxy groups -OCH3 is 1. The summed E-state index contributed by atoms with van der Waals surface area (Å²) in [5, 5.41) is 0. The largest absolute Gasteiger partial charge is 0.497 e. The average molecular weight is 417 g/mol. The second-order valence-electron chi connectivity index (χ2n) is 7.59. The van der Waals surface area contributed by atoms with Gasteiger partial charge in [0.15, 0.2) is 11.9 Å². The summed E-state index contributed by atoms with van der Waals surface area (Å²) in [6, 6.07) is 9.42. The zero-order valence-corrected chi connectivity index (χ0v) is 17.2. The summed E-state index contributed by atoms with van der Waals surface area (Å²) in [4.78, 5) is 12.9. The Labute approximate surface area is 180 Å². The molecule has 2 aromatic rings. The lowest BCUT2D eigenvalue weighted by atomic mass is 9.96. The van der Waals surface area contributed by atoms with Crippen molar-refractivity contribution < 1.29 is 18.9 Å². The van der Waals surface area contributed by atoms with Crippen molar-refractivity contribution in [2.75, 3.05) is 7.11 Å². The van der Waals surface area contributed by atoms with Crippen LogP contribution in [0.1, 0.15) is 18.4 Å². The number of benzene rings is 1. The molecule has 2 aliphatic heterocycles. The van der Waals surface area contributed by atoms with Crippen LogP contribution in [0.3, 0.4) is 0 Å². The molecule has 31 heavy (non-hydrogen) atoms. The predicted molar refractivity (Wildman–Crippen MR) is 117 cm³/mol. The summed E-state index contributed by atoms with van der Waals surface area (Å²) >= 11 is 0. The van der Waals surface area contributed by atoms with Gasteiger partial charge in [0.25, 0.3) is 5.56 Å². The minimum Gasteiger partial charge on any atom is -0.497 e. The summed E-state index contributed by atoms with van der Waals surface area (Å²) < 4.78 is 24.5. The van der Waals surface area contributed by atoms with E-state index in [0.717, 1.165) is 47.4 Å². The Bertz CT molecular complexity index is 1180. The summed E-state index contributed by atoms with van der Waals surface area (Å²) in [5.74, 6) is 1.86. The molecule has 0 fully saturated rings. The molecule has 0 radical (unpaired) electrons. The molecule has 0 amide bonds. The average Bonchev–Trinajstić information content (AvgIpc) is 2.83. The Morgan fingerprint density at radius 3 is 2.81 bits per heavy atom. The zero-order valence-electron chi connectivity index (χ0n) is 17.2. The van der Waals surface area contributed by atoms with Gasteiger partial charge in [0, 0.05) is 24.2 Å². The van der Waals surface area contributed by atoms with Gasteiger partial charge in [0.05, 0.1) is 12.8 Å². The van der Waals surface area contributed by atoms with Crippen LogP contribution in [-0.4, -0.2) is 17.8 Å². The van der Waals surface area contributed by atoms with Gasteiger partial charge in [-0.1, -0.05) is 18.2 Å². The normalized spacial score (nSPS) is 17.3. The maximum Gasteiger partial charge on any atom is 0.254 e. The second kappa shape index (κ2) is 8.22. The predicted octanol–water partition coefficient (Wildman–Crippen LogP) is 4.46. The molecule has 1 aromatic heterocycles. The van der Waals surface area contributed by atoms with Crippen LogP contribution >= 0.6 is 0 Å². The molecule has 6 heteroatoms. The molecule has 0 bridgehead atoms. The van der Waals surface area contributed by atoms with Crippen LogP contribution in [0.4, 0.5) is 0 Å². The van der Waals surface area contributed by atoms with Gasteiger partial charge in [-0.25, -0.2) is 0 Å². The highest BCUT2D eigenvalue weighted by atomic mass is 16.6. The van der Waals surface area contributed by atoms with Crippen molar-refractivity contribution in [3.05, 3.63) is 94.6 Å². The third-order valence-corrected chi connectivity index (χ3v) is 5.71. The number of allylic oxidation sites excluding steroid dienone is 3. The quantitative estimate of drug-likeness (QED) is 0.719. The van der Waals surface area contributed by atoms with E-state index in [1.165, 1.54) is 18.8 Å². The number of hydrogen-bond acceptors (Lipinski definition) is 5. The van der Waals surface area contributed by atoms with Gasteiger partial charge in [-0.2, -0.15) is 0 Å². The highest BCUT2D eigenvalue weighted by Gasteiger charge is 2.26. The molecule has 0 saturated heterocycles. The van der Waals surface area contributed by atoms with Crippen LogP contribution in [0.2, 0.25) is 0 Å². The van der Waals surface area contributed by atoms with Crippen LogP contribution in [0.15, 0.2) is 83.5 Å². The molecule has 1 unspecified atom stereocenters. The van der Waals surface area contributed by atoms with Crippen LogP contribution in [-0.2, 0) is 22.4 Å². The van der Waals surface area contributed by atoms with E-state index in [1.807, 2.05) is 36.4 Å². The molecule has 1 aliphatic carbocycles. The third kappa shape index (κ3) is 3.77. The Balaban J connectivity index is 1.53. The van der Waals surface area contributed by atoms with Gasteiger partial charge in [-0.05, 0) is 48.6 Å². The zero-order chi connectivity index (χ0) is 21.2. The fourth-order valence-corrected chi connectivity index (χ4v) is 4.17. The van der Waals surface area contributed by atoms with Crippen molar-refractivity contribution in [3.8, 4) is 22.8 Å². The first-order valence-corrected chi connectivity index (χ1v) is 10.3. The Hall–Kier alpha value is -3.67. The number of rotatable bonds is 5. The van der Waals surface area contributed by atoms with Crippen molar-refractivity contribution in [1.82, 2.24) is 4.57 Å². The van der Waals surface area contributed by atoms with Crippen molar-refractivity contribution in [2.24, 2.45) is 0 Å². The number of aryl methyl sites for hydroxylation is 1.